The second-order valence-corrected chi connectivity index (χ2v) is 3.19. The van der Waals surface area contributed by atoms with Gasteiger partial charge in [-0.05, 0) is 12.5 Å². The van der Waals surface area contributed by atoms with Crippen LogP contribution in [0, 0.1) is 6.92 Å². The van der Waals surface area contributed by atoms with Gasteiger partial charge in [0.15, 0.2) is 0 Å². The number of hydrogen-bond acceptors (Lipinski definition) is 2. The Balaban J connectivity index is 2.76. The Morgan fingerprint density at radius 1 is 1.54 bits per heavy atom. The summed E-state index contributed by atoms with van der Waals surface area (Å²) in [6, 6.07) is 7.50. The van der Waals surface area contributed by atoms with Crippen LogP contribution in [0.4, 0.5) is 0 Å². The van der Waals surface area contributed by atoms with E-state index in [4.69, 9.17) is 11.5 Å². The summed E-state index contributed by atoms with van der Waals surface area (Å²) in [5.41, 5.74) is 12.9. The molecule has 0 radical (unpaired) electrons. The second-order valence-electron chi connectivity index (χ2n) is 3.19. The third kappa shape index (κ3) is 2.87. The maximum atomic E-state index is 10.6. The second kappa shape index (κ2) is 4.05. The summed E-state index contributed by atoms with van der Waals surface area (Å²) in [4.78, 5) is 10.6. The van der Waals surface area contributed by atoms with E-state index in [-0.39, 0.29) is 18.4 Å². The minimum absolute atomic E-state index is 0.198. The van der Waals surface area contributed by atoms with Crippen LogP contribution >= 0.6 is 0 Å². The van der Waals surface area contributed by atoms with Crippen molar-refractivity contribution in [1.29, 1.82) is 0 Å². The molecule has 0 aliphatic heterocycles. The molecule has 0 aliphatic carbocycles. The van der Waals surface area contributed by atoms with E-state index in [2.05, 4.69) is 0 Å². The molecule has 0 fully saturated rings. The number of primary amides is 1. The normalized spacial score (nSPS) is 12.5. The molecular weight excluding hydrogens is 164 g/mol. The fourth-order valence-corrected chi connectivity index (χ4v) is 1.24. The van der Waals surface area contributed by atoms with Crippen molar-refractivity contribution in [2.24, 2.45) is 11.5 Å². The topological polar surface area (TPSA) is 69.1 Å². The van der Waals surface area contributed by atoms with Crippen molar-refractivity contribution in [3.63, 3.8) is 0 Å². The highest BCUT2D eigenvalue weighted by molar-refractivity contribution is 5.74. The van der Waals surface area contributed by atoms with E-state index in [1.54, 1.807) is 0 Å². The fourth-order valence-electron chi connectivity index (χ4n) is 1.24. The molecule has 0 heterocycles. The standard InChI is InChI=1S/C10H14N2O/c1-7-3-2-4-8(5-7)9(11)6-10(12)13/h2-5,9H,6,11H2,1H3,(H2,12,13)/t9-/m0/s1. The summed E-state index contributed by atoms with van der Waals surface area (Å²) in [5.74, 6) is -0.367. The van der Waals surface area contributed by atoms with Gasteiger partial charge in [0.2, 0.25) is 5.91 Å². The first kappa shape index (κ1) is 9.74. The predicted octanol–water partition coefficient (Wildman–Crippen LogP) is 0.870. The third-order valence-electron chi connectivity index (χ3n) is 1.89. The van der Waals surface area contributed by atoms with E-state index in [1.807, 2.05) is 31.2 Å². The van der Waals surface area contributed by atoms with Crippen LogP contribution in [0.2, 0.25) is 0 Å². The van der Waals surface area contributed by atoms with Gasteiger partial charge in [-0.15, -0.1) is 0 Å². The van der Waals surface area contributed by atoms with Gasteiger partial charge >= 0.3 is 0 Å². The zero-order valence-corrected chi connectivity index (χ0v) is 7.66. The van der Waals surface area contributed by atoms with Crippen molar-refractivity contribution in [2.75, 3.05) is 0 Å². The quantitative estimate of drug-likeness (QED) is 0.721. The van der Waals surface area contributed by atoms with Gasteiger partial charge in [0.25, 0.3) is 0 Å². The average Bonchev–Trinajstić information content (AvgIpc) is 2.03. The van der Waals surface area contributed by atoms with Gasteiger partial charge in [0, 0.05) is 12.5 Å². The smallest absolute Gasteiger partial charge is 0.219 e. The van der Waals surface area contributed by atoms with E-state index in [0.717, 1.165) is 11.1 Å². The predicted molar refractivity (Wildman–Crippen MR) is 51.9 cm³/mol. The van der Waals surface area contributed by atoms with Crippen LogP contribution in [0.15, 0.2) is 24.3 Å². The van der Waals surface area contributed by atoms with E-state index in [1.165, 1.54) is 0 Å². The lowest BCUT2D eigenvalue weighted by Crippen LogP contribution is -2.20. The first-order valence-corrected chi connectivity index (χ1v) is 4.20. The summed E-state index contributed by atoms with van der Waals surface area (Å²) < 4.78 is 0. The minimum atomic E-state index is -0.367. The first-order valence-electron chi connectivity index (χ1n) is 4.20. The highest BCUT2D eigenvalue weighted by atomic mass is 16.1. The molecule has 1 aromatic carbocycles. The Morgan fingerprint density at radius 2 is 2.23 bits per heavy atom. The molecule has 1 aromatic rings. The van der Waals surface area contributed by atoms with Gasteiger partial charge in [-0.25, -0.2) is 0 Å². The van der Waals surface area contributed by atoms with Gasteiger partial charge in [0.1, 0.15) is 0 Å². The minimum Gasteiger partial charge on any atom is -0.370 e. The van der Waals surface area contributed by atoms with Crippen LogP contribution < -0.4 is 11.5 Å². The van der Waals surface area contributed by atoms with Crippen molar-refractivity contribution in [2.45, 2.75) is 19.4 Å². The molecule has 70 valence electrons. The summed E-state index contributed by atoms with van der Waals surface area (Å²) >= 11 is 0. The molecule has 1 rings (SSSR count). The van der Waals surface area contributed by atoms with Crippen LogP contribution in [0.5, 0.6) is 0 Å². The Morgan fingerprint density at radius 3 is 2.77 bits per heavy atom. The fraction of sp³-hybridized carbons (Fsp3) is 0.300. The largest absolute Gasteiger partial charge is 0.370 e. The van der Waals surface area contributed by atoms with Crippen LogP contribution in [0.3, 0.4) is 0 Å². The van der Waals surface area contributed by atoms with Gasteiger partial charge < -0.3 is 11.5 Å². The van der Waals surface area contributed by atoms with Gasteiger partial charge in [-0.3, -0.25) is 4.79 Å². The lowest BCUT2D eigenvalue weighted by Gasteiger charge is -2.09. The molecule has 0 bridgehead atoms. The van der Waals surface area contributed by atoms with Crippen molar-refractivity contribution in [3.8, 4) is 0 Å². The lowest BCUT2D eigenvalue weighted by molar-refractivity contribution is -0.118. The molecular formula is C10H14N2O. The Kier molecular flexibility index (Phi) is 3.03. The maximum absolute atomic E-state index is 10.6. The van der Waals surface area contributed by atoms with Crippen LogP contribution in [0.25, 0.3) is 0 Å². The average molecular weight is 178 g/mol. The zero-order valence-electron chi connectivity index (χ0n) is 7.66. The third-order valence-corrected chi connectivity index (χ3v) is 1.89. The number of carbonyl (C=O) groups excluding carboxylic acids is 1. The molecule has 0 aliphatic rings. The van der Waals surface area contributed by atoms with Crippen LogP contribution in [-0.4, -0.2) is 5.91 Å². The van der Waals surface area contributed by atoms with E-state index in [0.29, 0.717) is 0 Å². The molecule has 1 amide bonds. The molecule has 4 N–H and O–H groups in total. The lowest BCUT2D eigenvalue weighted by atomic mass is 10.0. The van der Waals surface area contributed by atoms with Crippen molar-refractivity contribution < 1.29 is 4.79 Å². The van der Waals surface area contributed by atoms with Crippen molar-refractivity contribution >= 4 is 5.91 Å². The molecule has 0 aromatic heterocycles. The number of amides is 1. The molecule has 3 heteroatoms. The number of carbonyl (C=O) groups is 1. The summed E-state index contributed by atoms with van der Waals surface area (Å²) in [5, 5.41) is 0. The summed E-state index contributed by atoms with van der Waals surface area (Å²) in [6.07, 6.45) is 0.198. The number of benzene rings is 1. The molecule has 3 nitrogen and oxygen atoms in total. The first-order chi connectivity index (χ1) is 6.09. The van der Waals surface area contributed by atoms with Crippen molar-refractivity contribution in [3.05, 3.63) is 35.4 Å². The number of rotatable bonds is 3. The molecule has 13 heavy (non-hydrogen) atoms. The van der Waals surface area contributed by atoms with Crippen LogP contribution in [-0.2, 0) is 4.79 Å². The Labute approximate surface area is 77.7 Å². The number of nitrogens with two attached hydrogens (primary N) is 2. The maximum Gasteiger partial charge on any atom is 0.219 e. The molecule has 0 unspecified atom stereocenters. The summed E-state index contributed by atoms with van der Waals surface area (Å²) in [7, 11) is 0. The Hall–Kier alpha value is -1.35. The highest BCUT2D eigenvalue weighted by Gasteiger charge is 2.08. The molecule has 0 saturated heterocycles. The van der Waals surface area contributed by atoms with Crippen LogP contribution in [0.1, 0.15) is 23.6 Å². The molecule has 1 atom stereocenters. The van der Waals surface area contributed by atoms with E-state index >= 15 is 0 Å². The van der Waals surface area contributed by atoms with Gasteiger partial charge in [-0.2, -0.15) is 0 Å². The van der Waals surface area contributed by atoms with Gasteiger partial charge in [-0.1, -0.05) is 29.8 Å². The van der Waals surface area contributed by atoms with E-state index < -0.39 is 0 Å². The summed E-state index contributed by atoms with van der Waals surface area (Å²) in [6.45, 7) is 1.99. The Bertz CT molecular complexity index is 310. The highest BCUT2D eigenvalue weighted by Crippen LogP contribution is 2.14. The molecule has 0 spiro atoms. The SMILES string of the molecule is Cc1cccc([C@@H](N)CC(N)=O)c1. The number of aryl methyl sites for hydroxylation is 1. The van der Waals surface area contributed by atoms with Crippen molar-refractivity contribution in [1.82, 2.24) is 0 Å². The van der Waals surface area contributed by atoms with E-state index in [9.17, 15) is 4.79 Å². The van der Waals surface area contributed by atoms with Gasteiger partial charge in [0.05, 0.1) is 0 Å². The zero-order chi connectivity index (χ0) is 9.84. The molecule has 0 saturated carbocycles. The number of hydrogen-bond donors (Lipinski definition) is 2. The monoisotopic (exact) mass is 178 g/mol.